The van der Waals surface area contributed by atoms with Gasteiger partial charge in [-0.3, -0.25) is 4.79 Å². The Labute approximate surface area is 90.1 Å². The molecule has 78 valence electrons. The van der Waals surface area contributed by atoms with Gasteiger partial charge < -0.3 is 10.4 Å². The summed E-state index contributed by atoms with van der Waals surface area (Å²) in [5, 5.41) is 15.0. The first-order valence-corrected chi connectivity index (χ1v) is 4.31. The van der Waals surface area contributed by atoms with Crippen molar-refractivity contribution in [2.75, 3.05) is 11.9 Å². The van der Waals surface area contributed by atoms with E-state index in [1.165, 1.54) is 12.1 Å². The van der Waals surface area contributed by atoms with Crippen molar-refractivity contribution >= 4 is 23.2 Å². The summed E-state index contributed by atoms with van der Waals surface area (Å²) in [7, 11) is 0. The van der Waals surface area contributed by atoms with Gasteiger partial charge in [0.05, 0.1) is 10.7 Å². The SMILES string of the molecule is [N-]=[N+]=NCC(=O)Nc1cccc(Cl)c1O. The van der Waals surface area contributed by atoms with Crippen molar-refractivity contribution < 1.29 is 9.90 Å². The van der Waals surface area contributed by atoms with Crippen molar-refractivity contribution in [3.63, 3.8) is 0 Å². The molecule has 6 nitrogen and oxygen atoms in total. The summed E-state index contributed by atoms with van der Waals surface area (Å²) in [6.45, 7) is -0.331. The molecule has 0 unspecified atom stereocenters. The van der Waals surface area contributed by atoms with Crippen LogP contribution in [0.4, 0.5) is 5.69 Å². The molecule has 7 heteroatoms. The van der Waals surface area contributed by atoms with Crippen LogP contribution in [0.3, 0.4) is 0 Å². The Kier molecular flexibility index (Phi) is 3.79. The number of azide groups is 1. The summed E-state index contributed by atoms with van der Waals surface area (Å²) in [4.78, 5) is 13.5. The molecule has 0 spiro atoms. The zero-order chi connectivity index (χ0) is 11.3. The fourth-order valence-corrected chi connectivity index (χ4v) is 1.08. The van der Waals surface area contributed by atoms with Gasteiger partial charge in [-0.2, -0.15) is 0 Å². The fourth-order valence-electron chi connectivity index (χ4n) is 0.902. The molecule has 1 rings (SSSR count). The molecule has 1 aromatic rings. The second kappa shape index (κ2) is 5.09. The Morgan fingerprint density at radius 1 is 1.67 bits per heavy atom. The van der Waals surface area contributed by atoms with E-state index in [9.17, 15) is 9.90 Å². The summed E-state index contributed by atoms with van der Waals surface area (Å²) in [6.07, 6.45) is 0. The Hall–Kier alpha value is -1.91. The maximum atomic E-state index is 11.1. The molecule has 1 aromatic carbocycles. The van der Waals surface area contributed by atoms with E-state index in [0.29, 0.717) is 0 Å². The molecule has 0 aliphatic heterocycles. The number of rotatable bonds is 3. The van der Waals surface area contributed by atoms with Gasteiger partial charge in [0.25, 0.3) is 0 Å². The molecule has 1 amide bonds. The maximum Gasteiger partial charge on any atom is 0.230 e. The van der Waals surface area contributed by atoms with Gasteiger partial charge in [-0.15, -0.1) is 0 Å². The highest BCUT2D eigenvalue weighted by Gasteiger charge is 2.07. The van der Waals surface area contributed by atoms with Gasteiger partial charge >= 0.3 is 0 Å². The number of benzene rings is 1. The highest BCUT2D eigenvalue weighted by atomic mass is 35.5. The van der Waals surface area contributed by atoms with Crippen molar-refractivity contribution in [1.29, 1.82) is 0 Å². The summed E-state index contributed by atoms with van der Waals surface area (Å²) >= 11 is 5.62. The number of carbonyl (C=O) groups is 1. The minimum Gasteiger partial charge on any atom is -0.504 e. The van der Waals surface area contributed by atoms with Crippen molar-refractivity contribution in [3.05, 3.63) is 33.7 Å². The van der Waals surface area contributed by atoms with Gasteiger partial charge in [0.15, 0.2) is 5.75 Å². The monoisotopic (exact) mass is 226 g/mol. The summed E-state index contributed by atoms with van der Waals surface area (Å²) in [5.74, 6) is -0.737. The van der Waals surface area contributed by atoms with Crippen LogP contribution in [0.5, 0.6) is 5.75 Å². The minimum absolute atomic E-state index is 0.136. The molecular weight excluding hydrogens is 220 g/mol. The zero-order valence-electron chi connectivity index (χ0n) is 7.51. The fraction of sp³-hybridized carbons (Fsp3) is 0.125. The molecule has 0 aromatic heterocycles. The Bertz CT molecular complexity index is 429. The van der Waals surface area contributed by atoms with Crippen molar-refractivity contribution in [3.8, 4) is 5.75 Å². The van der Waals surface area contributed by atoms with Crippen LogP contribution in [0.25, 0.3) is 10.4 Å². The number of phenolic OH excluding ortho intramolecular Hbond substituents is 1. The predicted octanol–water partition coefficient (Wildman–Crippen LogP) is 2.29. The molecule has 2 N–H and O–H groups in total. The lowest BCUT2D eigenvalue weighted by molar-refractivity contribution is -0.114. The minimum atomic E-state index is -0.523. The third-order valence-electron chi connectivity index (χ3n) is 1.54. The molecule has 0 saturated heterocycles. The molecule has 0 fully saturated rings. The summed E-state index contributed by atoms with van der Waals surface area (Å²) < 4.78 is 0. The van der Waals surface area contributed by atoms with Gasteiger partial charge in [-0.05, 0) is 17.7 Å². The number of aromatic hydroxyl groups is 1. The lowest BCUT2D eigenvalue weighted by Crippen LogP contribution is -2.14. The summed E-state index contributed by atoms with van der Waals surface area (Å²) in [6, 6.07) is 4.54. The van der Waals surface area contributed by atoms with E-state index in [1.807, 2.05) is 0 Å². The predicted molar refractivity (Wildman–Crippen MR) is 55.8 cm³/mol. The molecule has 0 radical (unpaired) electrons. The van der Waals surface area contributed by atoms with E-state index < -0.39 is 5.91 Å². The van der Waals surface area contributed by atoms with E-state index in [-0.39, 0.29) is 23.0 Å². The van der Waals surface area contributed by atoms with E-state index in [4.69, 9.17) is 17.1 Å². The first-order valence-electron chi connectivity index (χ1n) is 3.93. The maximum absolute atomic E-state index is 11.1. The average Bonchev–Trinajstić information content (AvgIpc) is 2.22. The first kappa shape index (κ1) is 11.2. The van der Waals surface area contributed by atoms with Crippen LogP contribution in [0.15, 0.2) is 23.3 Å². The number of anilines is 1. The van der Waals surface area contributed by atoms with Gasteiger partial charge in [0.2, 0.25) is 5.91 Å². The zero-order valence-corrected chi connectivity index (χ0v) is 8.27. The highest BCUT2D eigenvalue weighted by molar-refractivity contribution is 6.32. The lowest BCUT2D eigenvalue weighted by Gasteiger charge is -2.06. The first-order chi connectivity index (χ1) is 7.15. The number of nitrogens with zero attached hydrogens (tertiary/aromatic N) is 3. The number of nitrogens with one attached hydrogen (secondary N) is 1. The average molecular weight is 227 g/mol. The summed E-state index contributed by atoms with van der Waals surface area (Å²) in [5.41, 5.74) is 8.17. The van der Waals surface area contributed by atoms with E-state index >= 15 is 0 Å². The second-order valence-corrected chi connectivity index (χ2v) is 2.98. The number of carbonyl (C=O) groups excluding carboxylic acids is 1. The van der Waals surface area contributed by atoms with Gasteiger partial charge in [0.1, 0.15) is 6.54 Å². The number of halogens is 1. The smallest absolute Gasteiger partial charge is 0.230 e. The van der Waals surface area contributed by atoms with Crippen LogP contribution >= 0.6 is 11.6 Å². The Morgan fingerprint density at radius 2 is 2.40 bits per heavy atom. The Balaban J connectivity index is 2.76. The van der Waals surface area contributed by atoms with Crippen molar-refractivity contribution in [2.24, 2.45) is 5.11 Å². The number of para-hydroxylation sites is 1. The van der Waals surface area contributed by atoms with E-state index in [0.717, 1.165) is 0 Å². The van der Waals surface area contributed by atoms with Crippen LogP contribution in [0.2, 0.25) is 5.02 Å². The van der Waals surface area contributed by atoms with Crippen LogP contribution in [-0.2, 0) is 4.79 Å². The van der Waals surface area contributed by atoms with Crippen LogP contribution in [-0.4, -0.2) is 17.6 Å². The molecule has 0 heterocycles. The van der Waals surface area contributed by atoms with Crippen LogP contribution < -0.4 is 5.32 Å². The molecule has 0 saturated carbocycles. The van der Waals surface area contributed by atoms with Crippen molar-refractivity contribution in [2.45, 2.75) is 0 Å². The largest absolute Gasteiger partial charge is 0.504 e. The topological polar surface area (TPSA) is 98.1 Å². The third kappa shape index (κ3) is 3.05. The molecule has 0 atom stereocenters. The van der Waals surface area contributed by atoms with Gasteiger partial charge in [-0.25, -0.2) is 0 Å². The van der Waals surface area contributed by atoms with E-state index in [1.54, 1.807) is 6.07 Å². The molecule has 0 aliphatic carbocycles. The highest BCUT2D eigenvalue weighted by Crippen LogP contribution is 2.30. The Morgan fingerprint density at radius 3 is 3.07 bits per heavy atom. The third-order valence-corrected chi connectivity index (χ3v) is 1.84. The molecular formula is C8H7ClN4O2. The number of hydrogen-bond acceptors (Lipinski definition) is 3. The normalized spacial score (nSPS) is 9.13. The number of amides is 1. The standard InChI is InChI=1S/C8H7ClN4O2/c9-5-2-1-3-6(8(5)15)12-7(14)4-11-13-10/h1-3,15H,4H2,(H,12,14). The second-order valence-electron chi connectivity index (χ2n) is 2.57. The molecule has 15 heavy (non-hydrogen) atoms. The van der Waals surface area contributed by atoms with Crippen LogP contribution in [0.1, 0.15) is 0 Å². The quantitative estimate of drug-likeness (QED) is 0.358. The lowest BCUT2D eigenvalue weighted by atomic mass is 10.3. The van der Waals surface area contributed by atoms with Crippen LogP contribution in [0, 0.1) is 0 Å². The molecule has 0 bridgehead atoms. The number of hydrogen-bond donors (Lipinski definition) is 2. The van der Waals surface area contributed by atoms with Gasteiger partial charge in [-0.1, -0.05) is 22.8 Å². The number of phenols is 1. The van der Waals surface area contributed by atoms with Gasteiger partial charge in [0, 0.05) is 4.91 Å². The van der Waals surface area contributed by atoms with E-state index in [2.05, 4.69) is 15.3 Å². The molecule has 0 aliphatic rings. The van der Waals surface area contributed by atoms with Crippen molar-refractivity contribution in [1.82, 2.24) is 0 Å².